The summed E-state index contributed by atoms with van der Waals surface area (Å²) in [5.74, 6) is -1.01. The first kappa shape index (κ1) is 10.4. The van der Waals surface area contributed by atoms with Crippen LogP contribution < -0.4 is 5.32 Å². The molecule has 0 saturated carbocycles. The van der Waals surface area contributed by atoms with Crippen LogP contribution in [0.4, 0.5) is 0 Å². The molecule has 17 heavy (non-hydrogen) atoms. The minimum Gasteiger partial charge on any atom is -0.481 e. The SMILES string of the molecule is O=C(O)C1CNCC1c1ccc2coccc1-2. The predicted octanol–water partition coefficient (Wildman–Crippen LogP) is 1.77. The molecular weight excluding hydrogens is 218 g/mol. The van der Waals surface area contributed by atoms with Gasteiger partial charge in [0.15, 0.2) is 0 Å². The van der Waals surface area contributed by atoms with E-state index in [-0.39, 0.29) is 11.8 Å². The summed E-state index contributed by atoms with van der Waals surface area (Å²) in [5.41, 5.74) is 3.22. The van der Waals surface area contributed by atoms with Crippen LogP contribution in [-0.2, 0) is 4.79 Å². The quantitative estimate of drug-likeness (QED) is 0.826. The van der Waals surface area contributed by atoms with E-state index in [0.717, 1.165) is 23.2 Å². The van der Waals surface area contributed by atoms with Gasteiger partial charge in [-0.2, -0.15) is 0 Å². The molecule has 1 fully saturated rings. The Morgan fingerprint density at radius 2 is 2.24 bits per heavy atom. The zero-order valence-electron chi connectivity index (χ0n) is 9.22. The second kappa shape index (κ2) is 3.89. The predicted molar refractivity (Wildman–Crippen MR) is 62.1 cm³/mol. The van der Waals surface area contributed by atoms with Crippen molar-refractivity contribution in [3.05, 3.63) is 36.3 Å². The lowest BCUT2D eigenvalue weighted by Crippen LogP contribution is -2.20. The van der Waals surface area contributed by atoms with Gasteiger partial charge < -0.3 is 14.8 Å². The molecule has 1 saturated heterocycles. The highest BCUT2D eigenvalue weighted by Crippen LogP contribution is 2.37. The van der Waals surface area contributed by atoms with Crippen LogP contribution in [-0.4, -0.2) is 24.2 Å². The van der Waals surface area contributed by atoms with Crippen molar-refractivity contribution >= 4 is 5.97 Å². The Morgan fingerprint density at radius 3 is 3.06 bits per heavy atom. The third kappa shape index (κ3) is 1.61. The van der Waals surface area contributed by atoms with Crippen LogP contribution in [0.25, 0.3) is 11.1 Å². The van der Waals surface area contributed by atoms with E-state index < -0.39 is 5.97 Å². The van der Waals surface area contributed by atoms with E-state index in [1.165, 1.54) is 0 Å². The minimum atomic E-state index is -0.727. The van der Waals surface area contributed by atoms with Gasteiger partial charge in [-0.25, -0.2) is 0 Å². The summed E-state index contributed by atoms with van der Waals surface area (Å²) < 4.78 is 5.11. The summed E-state index contributed by atoms with van der Waals surface area (Å²) in [6.45, 7) is 1.27. The van der Waals surface area contributed by atoms with Crippen molar-refractivity contribution in [2.24, 2.45) is 5.92 Å². The number of nitrogens with one attached hydrogen (secondary N) is 1. The molecule has 0 bridgehead atoms. The molecule has 0 aromatic rings. The van der Waals surface area contributed by atoms with Crippen LogP contribution in [0.5, 0.6) is 0 Å². The van der Waals surface area contributed by atoms with Crippen LogP contribution in [0.1, 0.15) is 11.5 Å². The zero-order valence-corrected chi connectivity index (χ0v) is 9.22. The summed E-state index contributed by atoms with van der Waals surface area (Å²) in [6, 6.07) is 5.89. The molecule has 3 aliphatic rings. The molecule has 2 heterocycles. The summed E-state index contributed by atoms with van der Waals surface area (Å²) in [7, 11) is 0. The first-order valence-corrected chi connectivity index (χ1v) is 5.65. The number of hydrogen-bond donors (Lipinski definition) is 2. The van der Waals surface area contributed by atoms with E-state index in [9.17, 15) is 9.90 Å². The Balaban J connectivity index is 2.01. The topological polar surface area (TPSA) is 62.5 Å². The van der Waals surface area contributed by atoms with E-state index >= 15 is 0 Å². The Kier molecular flexibility index (Phi) is 2.37. The second-order valence-electron chi connectivity index (χ2n) is 4.42. The van der Waals surface area contributed by atoms with Gasteiger partial charge in [0.05, 0.1) is 18.4 Å². The van der Waals surface area contributed by atoms with Crippen LogP contribution in [0.15, 0.2) is 35.1 Å². The van der Waals surface area contributed by atoms with E-state index in [2.05, 4.69) is 5.32 Å². The molecule has 2 N–H and O–H groups in total. The van der Waals surface area contributed by atoms with Gasteiger partial charge in [-0.05, 0) is 17.2 Å². The van der Waals surface area contributed by atoms with Crippen molar-refractivity contribution in [3.63, 3.8) is 0 Å². The third-order valence-corrected chi connectivity index (χ3v) is 3.50. The molecule has 4 heteroatoms. The summed E-state index contributed by atoms with van der Waals surface area (Å²) >= 11 is 0. The molecule has 4 nitrogen and oxygen atoms in total. The van der Waals surface area contributed by atoms with Crippen LogP contribution in [0.2, 0.25) is 0 Å². The largest absolute Gasteiger partial charge is 0.481 e. The van der Waals surface area contributed by atoms with E-state index in [0.29, 0.717) is 6.54 Å². The fraction of sp³-hybridized carbons (Fsp3) is 0.308. The number of rotatable bonds is 2. The minimum absolute atomic E-state index is 0.0485. The van der Waals surface area contributed by atoms with Crippen LogP contribution in [0, 0.1) is 5.92 Å². The van der Waals surface area contributed by atoms with Crippen LogP contribution >= 0.6 is 0 Å². The molecule has 2 atom stereocenters. The zero-order chi connectivity index (χ0) is 11.8. The first-order valence-electron chi connectivity index (χ1n) is 5.65. The standard InChI is InChI=1S/C13H13NO3/c15-13(16)12-6-14-5-11(12)10-2-1-8-7-17-4-3-9(8)10/h1-4,7,11-12,14H,5-6H2,(H,15,16). The molecule has 0 aromatic heterocycles. The van der Waals surface area contributed by atoms with Gasteiger partial charge in [0.25, 0.3) is 0 Å². The van der Waals surface area contributed by atoms with E-state index in [1.807, 2.05) is 18.2 Å². The second-order valence-corrected chi connectivity index (χ2v) is 4.42. The molecule has 2 unspecified atom stereocenters. The number of carboxylic acid groups (broad SMARTS) is 1. The monoisotopic (exact) mass is 231 g/mol. The van der Waals surface area contributed by atoms with Gasteiger partial charge in [0.1, 0.15) is 0 Å². The van der Waals surface area contributed by atoms with Gasteiger partial charge in [-0.3, -0.25) is 4.79 Å². The van der Waals surface area contributed by atoms with Crippen molar-refractivity contribution in [1.82, 2.24) is 5.32 Å². The average molecular weight is 231 g/mol. The Bertz CT molecular complexity index is 519. The summed E-state index contributed by atoms with van der Waals surface area (Å²) in [6.07, 6.45) is 3.32. The summed E-state index contributed by atoms with van der Waals surface area (Å²) in [4.78, 5) is 11.2. The maximum absolute atomic E-state index is 11.2. The molecular formula is C13H13NO3. The normalized spacial score (nSPS) is 24.2. The average Bonchev–Trinajstić information content (AvgIpc) is 2.94. The molecule has 88 valence electrons. The lowest BCUT2D eigenvalue weighted by Gasteiger charge is -2.15. The number of hydrogen-bond acceptors (Lipinski definition) is 3. The lowest BCUT2D eigenvalue weighted by atomic mass is 9.88. The van der Waals surface area contributed by atoms with E-state index in [1.54, 1.807) is 12.5 Å². The van der Waals surface area contributed by atoms with Crippen molar-refractivity contribution in [1.29, 1.82) is 0 Å². The van der Waals surface area contributed by atoms with E-state index in [4.69, 9.17) is 4.42 Å². The molecule has 1 aliphatic carbocycles. The summed E-state index contributed by atoms with van der Waals surface area (Å²) in [5, 5.41) is 12.3. The highest BCUT2D eigenvalue weighted by molar-refractivity contribution is 5.76. The lowest BCUT2D eigenvalue weighted by molar-refractivity contribution is -0.141. The maximum atomic E-state index is 11.2. The van der Waals surface area contributed by atoms with Crippen molar-refractivity contribution in [2.45, 2.75) is 5.92 Å². The highest BCUT2D eigenvalue weighted by Gasteiger charge is 2.35. The van der Waals surface area contributed by atoms with Crippen molar-refractivity contribution in [3.8, 4) is 11.1 Å². The maximum Gasteiger partial charge on any atom is 0.308 e. The molecule has 3 rings (SSSR count). The molecule has 2 aliphatic heterocycles. The van der Waals surface area contributed by atoms with Gasteiger partial charge in [0, 0.05) is 24.6 Å². The van der Waals surface area contributed by atoms with Gasteiger partial charge in [-0.1, -0.05) is 12.1 Å². The number of carboxylic acids is 1. The Morgan fingerprint density at radius 1 is 1.35 bits per heavy atom. The van der Waals surface area contributed by atoms with Crippen molar-refractivity contribution < 1.29 is 14.3 Å². The fourth-order valence-corrected chi connectivity index (χ4v) is 2.63. The Labute approximate surface area is 98.6 Å². The Hall–Kier alpha value is -1.81. The smallest absolute Gasteiger partial charge is 0.308 e. The van der Waals surface area contributed by atoms with Crippen LogP contribution in [0.3, 0.4) is 0 Å². The first-order chi connectivity index (χ1) is 8.27. The van der Waals surface area contributed by atoms with Gasteiger partial charge in [0.2, 0.25) is 0 Å². The van der Waals surface area contributed by atoms with Crippen molar-refractivity contribution in [2.75, 3.05) is 13.1 Å². The molecule has 0 spiro atoms. The van der Waals surface area contributed by atoms with Gasteiger partial charge in [-0.15, -0.1) is 0 Å². The molecule has 0 radical (unpaired) electrons. The van der Waals surface area contributed by atoms with Gasteiger partial charge >= 0.3 is 5.97 Å². The number of aliphatic carboxylic acids is 1. The molecule has 0 amide bonds. The highest BCUT2D eigenvalue weighted by atomic mass is 16.4. The number of carbonyl (C=O) groups is 1. The third-order valence-electron chi connectivity index (χ3n) is 3.50. The fourth-order valence-electron chi connectivity index (χ4n) is 2.63. The molecule has 0 aromatic carbocycles. The number of fused-ring (bicyclic) bond motifs is 1.